The number of hydrogen-bond acceptors (Lipinski definition) is 6. The molecule has 2 aromatic carbocycles. The van der Waals surface area contributed by atoms with Crippen LogP contribution in [0.2, 0.25) is 0 Å². The van der Waals surface area contributed by atoms with E-state index in [4.69, 9.17) is 9.40 Å². The number of carbonyl (C=O) groups excluding carboxylic acids is 1. The Morgan fingerprint density at radius 3 is 2.43 bits per heavy atom. The molecule has 3 aromatic heterocycles. The van der Waals surface area contributed by atoms with Gasteiger partial charge in [0.15, 0.2) is 5.76 Å². The maximum Gasteiger partial charge on any atom is 0.271 e. The normalized spacial score (nSPS) is 13.8. The molecule has 5 aromatic rings. The van der Waals surface area contributed by atoms with E-state index in [1.54, 1.807) is 18.4 Å². The van der Waals surface area contributed by atoms with E-state index in [1.165, 1.54) is 4.68 Å². The molecule has 0 saturated carbocycles. The minimum absolute atomic E-state index is 0.0383. The summed E-state index contributed by atoms with van der Waals surface area (Å²) < 4.78 is 6.96. The van der Waals surface area contributed by atoms with Crippen molar-refractivity contribution in [2.24, 2.45) is 0 Å². The third kappa shape index (κ3) is 4.38. The molecule has 1 amide bonds. The SMILES string of the molecule is Cc1ccc(-n2nc(N3CCN(C(=O)c4cc(-c5ccco5)nc5ccccc45)CC3)ccc2=O)cc1. The van der Waals surface area contributed by atoms with Gasteiger partial charge in [-0.05, 0) is 49.4 Å². The highest BCUT2D eigenvalue weighted by atomic mass is 16.3. The average molecular weight is 492 g/mol. The molecule has 37 heavy (non-hydrogen) atoms. The maximum absolute atomic E-state index is 13.7. The van der Waals surface area contributed by atoms with Gasteiger partial charge in [0.1, 0.15) is 11.5 Å². The van der Waals surface area contributed by atoms with Gasteiger partial charge >= 0.3 is 0 Å². The smallest absolute Gasteiger partial charge is 0.271 e. The van der Waals surface area contributed by atoms with Crippen LogP contribution >= 0.6 is 0 Å². The van der Waals surface area contributed by atoms with Crippen molar-refractivity contribution in [2.75, 3.05) is 31.1 Å². The van der Waals surface area contributed by atoms with Crippen LogP contribution in [0.25, 0.3) is 28.0 Å². The lowest BCUT2D eigenvalue weighted by Crippen LogP contribution is -2.49. The van der Waals surface area contributed by atoms with E-state index in [0.29, 0.717) is 49.0 Å². The van der Waals surface area contributed by atoms with Crippen molar-refractivity contribution in [2.45, 2.75) is 6.92 Å². The lowest BCUT2D eigenvalue weighted by molar-refractivity contribution is 0.0748. The van der Waals surface area contributed by atoms with Crippen LogP contribution in [0.15, 0.2) is 94.3 Å². The Morgan fingerprint density at radius 2 is 1.68 bits per heavy atom. The summed E-state index contributed by atoms with van der Waals surface area (Å²) in [6, 6.07) is 24.1. The molecule has 0 unspecified atom stereocenters. The first-order valence-corrected chi connectivity index (χ1v) is 12.2. The molecular weight excluding hydrogens is 466 g/mol. The van der Waals surface area contributed by atoms with Gasteiger partial charge in [-0.25, -0.2) is 4.98 Å². The predicted molar refractivity (Wildman–Crippen MR) is 142 cm³/mol. The standard InChI is InChI=1S/C29H25N5O3/c1-20-8-10-21(11-9-20)34-28(35)13-12-27(31-34)32-14-16-33(17-15-32)29(36)23-19-25(26-7-4-18-37-26)30-24-6-3-2-5-22(23)24/h2-13,18-19H,14-17H2,1H3. The van der Waals surface area contributed by atoms with Crippen molar-refractivity contribution in [3.63, 3.8) is 0 Å². The molecule has 8 heteroatoms. The monoisotopic (exact) mass is 491 g/mol. The number of pyridine rings is 1. The molecule has 1 fully saturated rings. The van der Waals surface area contributed by atoms with E-state index in [2.05, 4.69) is 10.00 Å². The van der Waals surface area contributed by atoms with Crippen LogP contribution < -0.4 is 10.5 Å². The first-order valence-electron chi connectivity index (χ1n) is 12.2. The molecule has 0 bridgehead atoms. The Hall–Kier alpha value is -4.72. The Labute approximate surface area is 213 Å². The summed E-state index contributed by atoms with van der Waals surface area (Å²) in [5.74, 6) is 1.30. The zero-order valence-electron chi connectivity index (χ0n) is 20.4. The molecule has 0 atom stereocenters. The molecule has 0 spiro atoms. The van der Waals surface area contributed by atoms with E-state index in [1.807, 2.05) is 78.6 Å². The highest BCUT2D eigenvalue weighted by molar-refractivity contribution is 6.07. The summed E-state index contributed by atoms with van der Waals surface area (Å²) in [6.45, 7) is 4.30. The quantitative estimate of drug-likeness (QED) is 0.373. The third-order valence-corrected chi connectivity index (χ3v) is 6.68. The van der Waals surface area contributed by atoms with Gasteiger partial charge in [-0.15, -0.1) is 5.10 Å². The molecule has 0 aliphatic carbocycles. The number of rotatable bonds is 4. The molecule has 0 N–H and O–H groups in total. The van der Waals surface area contributed by atoms with Crippen LogP contribution in [0.5, 0.6) is 0 Å². The number of furan rings is 1. The second-order valence-corrected chi connectivity index (χ2v) is 9.11. The van der Waals surface area contributed by atoms with Gasteiger partial charge < -0.3 is 14.2 Å². The number of carbonyl (C=O) groups is 1. The van der Waals surface area contributed by atoms with Crippen LogP contribution in [0, 0.1) is 6.92 Å². The number of fused-ring (bicyclic) bond motifs is 1. The first kappa shape index (κ1) is 22.7. The highest BCUT2D eigenvalue weighted by Gasteiger charge is 2.25. The Balaban J connectivity index is 1.24. The van der Waals surface area contributed by atoms with E-state index in [0.717, 1.165) is 22.2 Å². The van der Waals surface area contributed by atoms with Crippen molar-refractivity contribution in [3.05, 3.63) is 107 Å². The van der Waals surface area contributed by atoms with Gasteiger partial charge in [-0.1, -0.05) is 35.9 Å². The molecule has 8 nitrogen and oxygen atoms in total. The van der Waals surface area contributed by atoms with E-state index >= 15 is 0 Å². The van der Waals surface area contributed by atoms with Gasteiger partial charge in [-0.2, -0.15) is 4.68 Å². The minimum Gasteiger partial charge on any atom is -0.463 e. The fourth-order valence-corrected chi connectivity index (χ4v) is 4.65. The largest absolute Gasteiger partial charge is 0.463 e. The summed E-state index contributed by atoms with van der Waals surface area (Å²) in [4.78, 5) is 34.8. The van der Waals surface area contributed by atoms with E-state index in [9.17, 15) is 9.59 Å². The zero-order chi connectivity index (χ0) is 25.4. The van der Waals surface area contributed by atoms with Crippen molar-refractivity contribution >= 4 is 22.6 Å². The number of para-hydroxylation sites is 1. The van der Waals surface area contributed by atoms with Gasteiger partial charge in [-0.3, -0.25) is 9.59 Å². The number of hydrogen-bond donors (Lipinski definition) is 0. The number of nitrogens with zero attached hydrogens (tertiary/aromatic N) is 5. The third-order valence-electron chi connectivity index (χ3n) is 6.68. The zero-order valence-corrected chi connectivity index (χ0v) is 20.4. The van der Waals surface area contributed by atoms with E-state index < -0.39 is 0 Å². The average Bonchev–Trinajstić information content (AvgIpc) is 3.48. The van der Waals surface area contributed by atoms with Crippen LogP contribution in [-0.4, -0.2) is 51.8 Å². The van der Waals surface area contributed by atoms with Crippen molar-refractivity contribution < 1.29 is 9.21 Å². The van der Waals surface area contributed by atoms with Crippen LogP contribution in [0.3, 0.4) is 0 Å². The minimum atomic E-state index is -0.182. The summed E-state index contributed by atoms with van der Waals surface area (Å²) in [5, 5.41) is 5.43. The number of aryl methyl sites for hydroxylation is 1. The number of benzene rings is 2. The molecule has 1 aliphatic rings. The van der Waals surface area contributed by atoms with Crippen LogP contribution in [0.1, 0.15) is 15.9 Å². The van der Waals surface area contributed by atoms with Gasteiger partial charge in [0.05, 0.1) is 23.0 Å². The van der Waals surface area contributed by atoms with Gasteiger partial charge in [0.2, 0.25) is 0 Å². The fourth-order valence-electron chi connectivity index (χ4n) is 4.65. The molecule has 1 aliphatic heterocycles. The van der Waals surface area contributed by atoms with Crippen LogP contribution in [0.4, 0.5) is 5.82 Å². The van der Waals surface area contributed by atoms with Crippen molar-refractivity contribution in [3.8, 4) is 17.1 Å². The molecule has 4 heterocycles. The maximum atomic E-state index is 13.7. The first-order chi connectivity index (χ1) is 18.1. The predicted octanol–water partition coefficient (Wildman–Crippen LogP) is 4.31. The molecule has 0 radical (unpaired) electrons. The number of aromatic nitrogens is 3. The highest BCUT2D eigenvalue weighted by Crippen LogP contribution is 2.27. The molecule has 6 rings (SSSR count). The Bertz CT molecular complexity index is 1630. The molecular formula is C29H25N5O3. The summed E-state index contributed by atoms with van der Waals surface area (Å²) in [5.41, 5.74) is 3.65. The lowest BCUT2D eigenvalue weighted by Gasteiger charge is -2.35. The second kappa shape index (κ2) is 9.39. The second-order valence-electron chi connectivity index (χ2n) is 9.11. The molecule has 1 saturated heterocycles. The van der Waals surface area contributed by atoms with Crippen molar-refractivity contribution in [1.82, 2.24) is 19.7 Å². The lowest BCUT2D eigenvalue weighted by atomic mass is 10.0. The Kier molecular flexibility index (Phi) is 5.76. The number of amides is 1. The van der Waals surface area contributed by atoms with Crippen molar-refractivity contribution in [1.29, 1.82) is 0 Å². The number of anilines is 1. The van der Waals surface area contributed by atoms with Gasteiger partial charge in [0, 0.05) is 37.6 Å². The van der Waals surface area contributed by atoms with Crippen LogP contribution in [-0.2, 0) is 0 Å². The summed E-state index contributed by atoms with van der Waals surface area (Å²) in [6.07, 6.45) is 1.60. The van der Waals surface area contributed by atoms with E-state index in [-0.39, 0.29) is 11.5 Å². The van der Waals surface area contributed by atoms with Gasteiger partial charge in [0.25, 0.3) is 11.5 Å². The fraction of sp³-hybridized carbons (Fsp3) is 0.172. The molecule has 184 valence electrons. The summed E-state index contributed by atoms with van der Waals surface area (Å²) >= 11 is 0. The number of piperazine rings is 1. The topological polar surface area (TPSA) is 84.5 Å². The Morgan fingerprint density at radius 1 is 0.892 bits per heavy atom. The summed E-state index contributed by atoms with van der Waals surface area (Å²) in [7, 11) is 0.